The van der Waals surface area contributed by atoms with Crippen molar-refractivity contribution in [3.8, 4) is 5.75 Å². The van der Waals surface area contributed by atoms with Crippen molar-refractivity contribution in [2.75, 3.05) is 0 Å². The monoisotopic (exact) mass is 425 g/mol. The van der Waals surface area contributed by atoms with Gasteiger partial charge in [0.1, 0.15) is 11.5 Å². The third kappa shape index (κ3) is 3.64. The molecule has 0 aliphatic carbocycles. The lowest BCUT2D eigenvalue weighted by Crippen LogP contribution is -2.28. The molecule has 7 heteroatoms. The molecule has 1 aromatic heterocycles. The second-order valence-corrected chi connectivity index (χ2v) is 8.08. The zero-order valence-corrected chi connectivity index (χ0v) is 16.7. The number of aromatic hydroxyl groups is 1. The average molecular weight is 426 g/mol. The Balaban J connectivity index is 1.87. The zero-order valence-electron chi connectivity index (χ0n) is 15.1. The molecule has 4 rings (SSSR count). The third-order valence-electron chi connectivity index (χ3n) is 4.75. The van der Waals surface area contributed by atoms with E-state index in [0.29, 0.717) is 16.1 Å². The van der Waals surface area contributed by atoms with Crippen LogP contribution in [0.5, 0.6) is 5.75 Å². The number of phenolic OH excluding ortho intramolecular Hbond substituents is 1. The Labute approximate surface area is 176 Å². The number of hydrogen-bond acceptors (Lipinski definition) is 5. The van der Waals surface area contributed by atoms with E-state index in [1.807, 2.05) is 17.5 Å². The number of likely N-dealkylation sites (tertiary alicyclic amines) is 1. The van der Waals surface area contributed by atoms with E-state index >= 15 is 0 Å². The summed E-state index contributed by atoms with van der Waals surface area (Å²) < 4.78 is 0. The molecule has 3 aromatic rings. The highest BCUT2D eigenvalue weighted by atomic mass is 35.5. The summed E-state index contributed by atoms with van der Waals surface area (Å²) in [5.41, 5.74) is 0.969. The lowest BCUT2D eigenvalue weighted by atomic mass is 9.95. The molecule has 1 atom stereocenters. The fourth-order valence-electron chi connectivity index (χ4n) is 3.41. The second kappa shape index (κ2) is 7.73. The molecule has 1 saturated heterocycles. The number of halogens is 1. The molecule has 1 fully saturated rings. The van der Waals surface area contributed by atoms with Gasteiger partial charge in [0.15, 0.2) is 0 Å². The first-order valence-electron chi connectivity index (χ1n) is 8.81. The van der Waals surface area contributed by atoms with Gasteiger partial charge in [0.2, 0.25) is 0 Å². The maximum Gasteiger partial charge on any atom is 0.295 e. The molecule has 0 saturated carbocycles. The molecule has 146 valence electrons. The molecular formula is C22H16ClNO4S. The Morgan fingerprint density at radius 1 is 1.07 bits per heavy atom. The van der Waals surface area contributed by atoms with Crippen LogP contribution in [0.25, 0.3) is 5.76 Å². The Hall–Kier alpha value is -3.09. The number of aliphatic hydroxyl groups excluding tert-OH is 1. The molecule has 2 aromatic carbocycles. The average Bonchev–Trinajstić information content (AvgIpc) is 3.31. The number of nitrogens with zero attached hydrogens (tertiary/aromatic N) is 1. The smallest absolute Gasteiger partial charge is 0.295 e. The van der Waals surface area contributed by atoms with Crippen LogP contribution in [0.15, 0.2) is 71.6 Å². The molecule has 0 spiro atoms. The van der Waals surface area contributed by atoms with Gasteiger partial charge in [-0.3, -0.25) is 9.59 Å². The lowest BCUT2D eigenvalue weighted by Gasteiger charge is -2.25. The van der Waals surface area contributed by atoms with Crippen molar-refractivity contribution in [3.63, 3.8) is 0 Å². The van der Waals surface area contributed by atoms with E-state index in [4.69, 9.17) is 11.6 Å². The SMILES string of the molecule is O=C1C(=O)N(Cc2cccs2)C(c2ccc(O)cc2)/C1=C(/O)c1cccc(Cl)c1. The summed E-state index contributed by atoms with van der Waals surface area (Å²) in [7, 11) is 0. The van der Waals surface area contributed by atoms with E-state index < -0.39 is 17.7 Å². The van der Waals surface area contributed by atoms with Gasteiger partial charge in [0.05, 0.1) is 18.2 Å². The Kier molecular flexibility index (Phi) is 5.13. The van der Waals surface area contributed by atoms with Crippen molar-refractivity contribution >= 4 is 40.4 Å². The van der Waals surface area contributed by atoms with Gasteiger partial charge in [-0.25, -0.2) is 0 Å². The summed E-state index contributed by atoms with van der Waals surface area (Å²) in [5, 5.41) is 22.9. The van der Waals surface area contributed by atoms with Crippen molar-refractivity contribution in [1.82, 2.24) is 4.90 Å². The first-order chi connectivity index (χ1) is 14.0. The standard InChI is InChI=1S/C22H16ClNO4S/c23-15-4-1-3-14(11-15)20(26)18-19(13-6-8-16(25)9-7-13)24(22(28)21(18)27)12-17-5-2-10-29-17/h1-11,19,25-26H,12H2/b20-18-. The Morgan fingerprint density at radius 2 is 1.83 bits per heavy atom. The highest BCUT2D eigenvalue weighted by Crippen LogP contribution is 2.41. The molecule has 29 heavy (non-hydrogen) atoms. The Bertz CT molecular complexity index is 1110. The summed E-state index contributed by atoms with van der Waals surface area (Å²) in [6.07, 6.45) is 0. The molecular weight excluding hydrogens is 410 g/mol. The van der Waals surface area contributed by atoms with Crippen LogP contribution < -0.4 is 0 Å². The first-order valence-corrected chi connectivity index (χ1v) is 10.1. The molecule has 2 N–H and O–H groups in total. The van der Waals surface area contributed by atoms with Gasteiger partial charge >= 0.3 is 0 Å². The van der Waals surface area contributed by atoms with Gasteiger partial charge in [-0.15, -0.1) is 11.3 Å². The number of Topliss-reactive ketones (excluding diaryl/α,β-unsaturated/α-hetero) is 1. The van der Waals surface area contributed by atoms with Gasteiger partial charge in [-0.05, 0) is 41.3 Å². The van der Waals surface area contributed by atoms with Gasteiger partial charge in [-0.2, -0.15) is 0 Å². The number of thiophene rings is 1. The number of hydrogen-bond donors (Lipinski definition) is 2. The molecule has 0 bridgehead atoms. The van der Waals surface area contributed by atoms with Crippen LogP contribution in [0.1, 0.15) is 22.0 Å². The second-order valence-electron chi connectivity index (χ2n) is 6.61. The number of carbonyl (C=O) groups is 2. The van der Waals surface area contributed by atoms with Gasteiger partial charge < -0.3 is 15.1 Å². The van der Waals surface area contributed by atoms with Crippen LogP contribution in [0.4, 0.5) is 0 Å². The van der Waals surface area contributed by atoms with Crippen molar-refractivity contribution < 1.29 is 19.8 Å². The van der Waals surface area contributed by atoms with Crippen molar-refractivity contribution in [2.24, 2.45) is 0 Å². The van der Waals surface area contributed by atoms with E-state index in [1.165, 1.54) is 34.4 Å². The van der Waals surface area contributed by atoms with Crippen LogP contribution in [0.3, 0.4) is 0 Å². The van der Waals surface area contributed by atoms with Crippen LogP contribution in [-0.4, -0.2) is 26.8 Å². The zero-order chi connectivity index (χ0) is 20.5. The van der Waals surface area contributed by atoms with E-state index in [1.54, 1.807) is 30.3 Å². The topological polar surface area (TPSA) is 77.8 Å². The minimum absolute atomic E-state index is 0.000451. The number of rotatable bonds is 4. The number of carbonyl (C=O) groups excluding carboxylic acids is 2. The number of benzene rings is 2. The van der Waals surface area contributed by atoms with E-state index in [9.17, 15) is 19.8 Å². The molecule has 1 aliphatic rings. The summed E-state index contributed by atoms with van der Waals surface area (Å²) in [5.74, 6) is -1.64. The normalized spacial score (nSPS) is 18.4. The fraction of sp³-hybridized carbons (Fsp3) is 0.0909. The fourth-order valence-corrected chi connectivity index (χ4v) is 4.30. The molecule has 5 nitrogen and oxygen atoms in total. The summed E-state index contributed by atoms with van der Waals surface area (Å²) in [6, 6.07) is 15.7. The van der Waals surface area contributed by atoms with Crippen molar-refractivity contribution in [1.29, 1.82) is 0 Å². The minimum atomic E-state index is -0.781. The number of phenols is 1. The largest absolute Gasteiger partial charge is 0.508 e. The predicted octanol–water partition coefficient (Wildman–Crippen LogP) is 4.73. The molecule has 2 heterocycles. The van der Waals surface area contributed by atoms with Crippen LogP contribution in [-0.2, 0) is 16.1 Å². The third-order valence-corrected chi connectivity index (χ3v) is 5.85. The number of amides is 1. The first kappa shape index (κ1) is 19.2. The van der Waals surface area contributed by atoms with E-state index in [2.05, 4.69) is 0 Å². The highest BCUT2D eigenvalue weighted by Gasteiger charge is 2.46. The maximum absolute atomic E-state index is 12.9. The minimum Gasteiger partial charge on any atom is -0.508 e. The van der Waals surface area contributed by atoms with E-state index in [0.717, 1.165) is 4.88 Å². The maximum atomic E-state index is 12.9. The summed E-state index contributed by atoms with van der Waals surface area (Å²) in [6.45, 7) is 0.236. The molecule has 0 radical (unpaired) electrons. The van der Waals surface area contributed by atoms with Gasteiger partial charge in [0.25, 0.3) is 11.7 Å². The summed E-state index contributed by atoms with van der Waals surface area (Å²) >= 11 is 7.51. The highest BCUT2D eigenvalue weighted by molar-refractivity contribution is 7.09. The Morgan fingerprint density at radius 3 is 2.48 bits per heavy atom. The van der Waals surface area contributed by atoms with Crippen molar-refractivity contribution in [2.45, 2.75) is 12.6 Å². The van der Waals surface area contributed by atoms with Crippen LogP contribution >= 0.6 is 22.9 Å². The van der Waals surface area contributed by atoms with Gasteiger partial charge in [0, 0.05) is 15.5 Å². The van der Waals surface area contributed by atoms with Crippen LogP contribution in [0, 0.1) is 0 Å². The van der Waals surface area contributed by atoms with Gasteiger partial charge in [-0.1, -0.05) is 41.9 Å². The molecule has 1 aliphatic heterocycles. The summed E-state index contributed by atoms with van der Waals surface area (Å²) in [4.78, 5) is 28.1. The quantitative estimate of drug-likeness (QED) is 0.360. The lowest BCUT2D eigenvalue weighted by molar-refractivity contribution is -0.140. The number of aliphatic hydroxyl groups is 1. The molecule has 1 unspecified atom stereocenters. The molecule has 1 amide bonds. The van der Waals surface area contributed by atoms with E-state index in [-0.39, 0.29) is 23.6 Å². The predicted molar refractivity (Wildman–Crippen MR) is 112 cm³/mol. The van der Waals surface area contributed by atoms with Crippen molar-refractivity contribution in [3.05, 3.63) is 92.6 Å². The number of ketones is 1. The van der Waals surface area contributed by atoms with Crippen LogP contribution in [0.2, 0.25) is 5.02 Å².